The van der Waals surface area contributed by atoms with Crippen LogP contribution in [0.3, 0.4) is 0 Å². The van der Waals surface area contributed by atoms with Gasteiger partial charge in [0.2, 0.25) is 0 Å². The SMILES string of the molecule is CCCCCCCCCCCC(=O)O.[Yb]. The summed E-state index contributed by atoms with van der Waals surface area (Å²) in [5.41, 5.74) is 0. The molecule has 0 radical (unpaired) electrons. The van der Waals surface area contributed by atoms with E-state index in [2.05, 4.69) is 6.92 Å². The summed E-state index contributed by atoms with van der Waals surface area (Å²) in [7, 11) is 0. The van der Waals surface area contributed by atoms with E-state index in [9.17, 15) is 4.79 Å². The summed E-state index contributed by atoms with van der Waals surface area (Å²) in [4.78, 5) is 10.2. The molecule has 0 aliphatic carbocycles. The molecule has 0 aliphatic rings. The molecule has 15 heavy (non-hydrogen) atoms. The fourth-order valence-electron chi connectivity index (χ4n) is 1.59. The summed E-state index contributed by atoms with van der Waals surface area (Å²) in [6.07, 6.45) is 11.5. The molecule has 0 rings (SSSR count). The Kier molecular flexibility index (Phi) is 18.3. The summed E-state index contributed by atoms with van der Waals surface area (Å²) in [6, 6.07) is 0. The summed E-state index contributed by atoms with van der Waals surface area (Å²) in [6.45, 7) is 2.23. The molecule has 2 nitrogen and oxygen atoms in total. The maximum Gasteiger partial charge on any atom is 0.303 e. The van der Waals surface area contributed by atoms with Gasteiger partial charge in [-0.3, -0.25) is 4.79 Å². The molecule has 0 aromatic carbocycles. The minimum absolute atomic E-state index is 0. The monoisotopic (exact) mass is 374 g/mol. The van der Waals surface area contributed by atoms with Crippen molar-refractivity contribution in [3.8, 4) is 0 Å². The van der Waals surface area contributed by atoms with Crippen LogP contribution in [-0.2, 0) is 4.79 Å². The van der Waals surface area contributed by atoms with E-state index in [-0.39, 0.29) is 46.9 Å². The third-order valence-corrected chi connectivity index (χ3v) is 2.49. The largest absolute Gasteiger partial charge is 0.481 e. The van der Waals surface area contributed by atoms with E-state index < -0.39 is 5.97 Å². The second-order valence-corrected chi connectivity index (χ2v) is 3.97. The zero-order valence-corrected chi connectivity index (χ0v) is 11.4. The predicted molar refractivity (Wildman–Crippen MR) is 59.5 cm³/mol. The van der Waals surface area contributed by atoms with E-state index in [1.165, 1.54) is 44.9 Å². The van der Waals surface area contributed by atoms with Crippen molar-refractivity contribution < 1.29 is 56.8 Å². The first-order valence-corrected chi connectivity index (χ1v) is 5.99. The molecule has 0 bridgehead atoms. The van der Waals surface area contributed by atoms with Gasteiger partial charge in [-0.25, -0.2) is 0 Å². The van der Waals surface area contributed by atoms with Gasteiger partial charge in [0.25, 0.3) is 0 Å². The van der Waals surface area contributed by atoms with Crippen LogP contribution in [0.1, 0.15) is 71.1 Å². The van der Waals surface area contributed by atoms with E-state index >= 15 is 0 Å². The van der Waals surface area contributed by atoms with Crippen molar-refractivity contribution in [1.82, 2.24) is 0 Å². The van der Waals surface area contributed by atoms with Crippen molar-refractivity contribution in [2.24, 2.45) is 0 Å². The van der Waals surface area contributed by atoms with E-state index in [1.807, 2.05) is 0 Å². The van der Waals surface area contributed by atoms with E-state index in [0.29, 0.717) is 6.42 Å². The fourth-order valence-corrected chi connectivity index (χ4v) is 1.59. The predicted octanol–water partition coefficient (Wildman–Crippen LogP) is 3.99. The molecule has 0 spiro atoms. The Morgan fingerprint density at radius 1 is 0.867 bits per heavy atom. The first-order valence-electron chi connectivity index (χ1n) is 5.99. The van der Waals surface area contributed by atoms with Gasteiger partial charge < -0.3 is 5.11 Å². The quantitative estimate of drug-likeness (QED) is 0.588. The smallest absolute Gasteiger partial charge is 0.303 e. The number of aliphatic carboxylic acids is 1. The number of hydrogen-bond donors (Lipinski definition) is 1. The molecule has 0 unspecified atom stereocenters. The van der Waals surface area contributed by atoms with Crippen molar-refractivity contribution in [3.05, 3.63) is 0 Å². The molecule has 0 fully saturated rings. The molecule has 0 saturated heterocycles. The molecule has 0 aliphatic heterocycles. The normalized spacial score (nSPS) is 9.67. The van der Waals surface area contributed by atoms with Gasteiger partial charge >= 0.3 is 5.97 Å². The van der Waals surface area contributed by atoms with Crippen LogP contribution in [0.5, 0.6) is 0 Å². The van der Waals surface area contributed by atoms with Crippen LogP contribution in [0, 0.1) is 46.9 Å². The van der Waals surface area contributed by atoms with Gasteiger partial charge in [-0.15, -0.1) is 0 Å². The van der Waals surface area contributed by atoms with Gasteiger partial charge in [-0.05, 0) is 6.42 Å². The molecule has 0 atom stereocenters. The summed E-state index contributed by atoms with van der Waals surface area (Å²) < 4.78 is 0. The van der Waals surface area contributed by atoms with Crippen molar-refractivity contribution in [3.63, 3.8) is 0 Å². The standard InChI is InChI=1S/C12H24O2.Yb/c1-2-3-4-5-6-7-8-9-10-11-12(13)14;/h2-11H2,1H3,(H,13,14);. The average Bonchev–Trinajstić information content (AvgIpc) is 2.15. The van der Waals surface area contributed by atoms with Crippen molar-refractivity contribution in [2.75, 3.05) is 0 Å². The number of carboxylic acid groups (broad SMARTS) is 1. The molecular formula is C12H24O2Yb. The van der Waals surface area contributed by atoms with Crippen LogP contribution in [0.15, 0.2) is 0 Å². The molecule has 98 valence electrons. The Hall–Kier alpha value is 0.989. The number of hydrogen-bond acceptors (Lipinski definition) is 1. The summed E-state index contributed by atoms with van der Waals surface area (Å²) in [5, 5.41) is 8.41. The summed E-state index contributed by atoms with van der Waals surface area (Å²) in [5.74, 6) is -0.659. The number of carboxylic acids is 1. The molecule has 1 N–H and O–H groups in total. The Bertz CT molecular complexity index is 138. The Morgan fingerprint density at radius 3 is 1.67 bits per heavy atom. The van der Waals surface area contributed by atoms with Crippen molar-refractivity contribution >= 4 is 5.97 Å². The van der Waals surface area contributed by atoms with Gasteiger partial charge in [0.15, 0.2) is 0 Å². The van der Waals surface area contributed by atoms with Crippen LogP contribution in [-0.4, -0.2) is 11.1 Å². The van der Waals surface area contributed by atoms with Crippen LogP contribution in [0.2, 0.25) is 0 Å². The zero-order chi connectivity index (χ0) is 10.6. The van der Waals surface area contributed by atoms with Crippen molar-refractivity contribution in [1.29, 1.82) is 0 Å². The van der Waals surface area contributed by atoms with Gasteiger partial charge in [0, 0.05) is 53.3 Å². The third-order valence-electron chi connectivity index (χ3n) is 2.49. The number of rotatable bonds is 10. The number of carbonyl (C=O) groups is 1. The summed E-state index contributed by atoms with van der Waals surface area (Å²) >= 11 is 0. The molecular weight excluding hydrogens is 349 g/mol. The zero-order valence-electron chi connectivity index (χ0n) is 9.69. The molecule has 0 saturated carbocycles. The van der Waals surface area contributed by atoms with E-state index in [4.69, 9.17) is 5.11 Å². The average molecular weight is 373 g/mol. The Balaban J connectivity index is 0. The molecule has 0 aromatic rings. The van der Waals surface area contributed by atoms with E-state index in [0.717, 1.165) is 12.8 Å². The van der Waals surface area contributed by atoms with Gasteiger partial charge in [0.05, 0.1) is 0 Å². The molecule has 3 heteroatoms. The molecule has 0 aromatic heterocycles. The fraction of sp³-hybridized carbons (Fsp3) is 0.917. The second-order valence-electron chi connectivity index (χ2n) is 3.97. The minimum atomic E-state index is -0.659. The van der Waals surface area contributed by atoms with Gasteiger partial charge in [0.1, 0.15) is 0 Å². The van der Waals surface area contributed by atoms with Crippen LogP contribution < -0.4 is 0 Å². The van der Waals surface area contributed by atoms with Crippen LogP contribution in [0.4, 0.5) is 0 Å². The van der Waals surface area contributed by atoms with Gasteiger partial charge in [-0.2, -0.15) is 0 Å². The van der Waals surface area contributed by atoms with E-state index in [1.54, 1.807) is 0 Å². The van der Waals surface area contributed by atoms with Crippen molar-refractivity contribution in [2.45, 2.75) is 71.1 Å². The van der Waals surface area contributed by atoms with Crippen LogP contribution in [0.25, 0.3) is 0 Å². The third kappa shape index (κ3) is 17.6. The molecule has 0 heterocycles. The Morgan fingerprint density at radius 2 is 1.27 bits per heavy atom. The topological polar surface area (TPSA) is 37.3 Å². The van der Waals surface area contributed by atoms with Gasteiger partial charge in [-0.1, -0.05) is 58.3 Å². The second kappa shape index (κ2) is 15.0. The molecule has 0 amide bonds. The number of unbranched alkanes of at least 4 members (excludes halogenated alkanes) is 8. The maximum absolute atomic E-state index is 10.2. The first kappa shape index (κ1) is 18.4. The minimum Gasteiger partial charge on any atom is -0.481 e. The first-order chi connectivity index (χ1) is 6.77. The van der Waals surface area contributed by atoms with Crippen LogP contribution >= 0.6 is 0 Å². The Labute approximate surface area is 132 Å². The maximum atomic E-state index is 10.2.